The first-order valence-electron chi connectivity index (χ1n) is 6.59. The number of carbonyl (C=O) groups is 1. The molecule has 0 amide bonds. The molecular formula is C15H18N2O2S. The molecule has 0 fully saturated rings. The first-order chi connectivity index (χ1) is 9.63. The Balaban J connectivity index is 1.78. The quantitative estimate of drug-likeness (QED) is 0.822. The smallest absolute Gasteiger partial charge is 0.303 e. The van der Waals surface area contributed by atoms with Crippen LogP contribution in [-0.2, 0) is 17.6 Å². The van der Waals surface area contributed by atoms with Gasteiger partial charge in [0.2, 0.25) is 0 Å². The number of benzene rings is 1. The van der Waals surface area contributed by atoms with Gasteiger partial charge in [-0.2, -0.15) is 0 Å². The molecule has 0 saturated heterocycles. The van der Waals surface area contributed by atoms with E-state index in [4.69, 9.17) is 5.11 Å². The standard InChI is InChI=1S/C15H18N2O2S/c1-11-3-2-4-12(9-11)7-8-16-15-17-13(10-20-15)5-6-14(18)19/h2-4,9-10H,5-8H2,1H3,(H,16,17)(H,18,19). The van der Waals surface area contributed by atoms with E-state index in [1.807, 2.05) is 5.38 Å². The zero-order valence-electron chi connectivity index (χ0n) is 11.4. The summed E-state index contributed by atoms with van der Waals surface area (Å²) in [5.74, 6) is -0.785. The predicted molar refractivity (Wildman–Crippen MR) is 81.4 cm³/mol. The summed E-state index contributed by atoms with van der Waals surface area (Å²) in [6.07, 6.45) is 1.57. The summed E-state index contributed by atoms with van der Waals surface area (Å²) >= 11 is 1.52. The van der Waals surface area contributed by atoms with Crippen LogP contribution in [0.25, 0.3) is 0 Å². The van der Waals surface area contributed by atoms with Gasteiger partial charge in [0.1, 0.15) is 0 Å². The maximum atomic E-state index is 10.5. The minimum Gasteiger partial charge on any atom is -0.481 e. The molecule has 0 aliphatic heterocycles. The van der Waals surface area contributed by atoms with E-state index >= 15 is 0 Å². The zero-order chi connectivity index (χ0) is 14.4. The van der Waals surface area contributed by atoms with E-state index in [0.717, 1.165) is 23.8 Å². The fourth-order valence-corrected chi connectivity index (χ4v) is 2.69. The lowest BCUT2D eigenvalue weighted by Gasteiger charge is -2.03. The maximum absolute atomic E-state index is 10.5. The lowest BCUT2D eigenvalue weighted by Crippen LogP contribution is -2.05. The van der Waals surface area contributed by atoms with Crippen molar-refractivity contribution in [3.05, 3.63) is 46.5 Å². The Morgan fingerprint density at radius 1 is 1.40 bits per heavy atom. The molecule has 0 aliphatic rings. The molecule has 0 spiro atoms. The Hall–Kier alpha value is -1.88. The second-order valence-corrected chi connectivity index (χ2v) is 5.56. The number of anilines is 1. The van der Waals surface area contributed by atoms with Crippen molar-refractivity contribution in [2.75, 3.05) is 11.9 Å². The molecule has 1 heterocycles. The molecule has 0 radical (unpaired) electrons. The zero-order valence-corrected chi connectivity index (χ0v) is 12.2. The van der Waals surface area contributed by atoms with Gasteiger partial charge in [0.05, 0.1) is 12.1 Å². The number of thiazole rings is 1. The molecule has 0 atom stereocenters. The van der Waals surface area contributed by atoms with Crippen molar-refractivity contribution in [1.29, 1.82) is 0 Å². The number of nitrogens with zero attached hydrogens (tertiary/aromatic N) is 1. The summed E-state index contributed by atoms with van der Waals surface area (Å²) in [6, 6.07) is 8.46. The Bertz CT molecular complexity index is 581. The summed E-state index contributed by atoms with van der Waals surface area (Å²) in [7, 11) is 0. The van der Waals surface area contributed by atoms with Crippen LogP contribution < -0.4 is 5.32 Å². The van der Waals surface area contributed by atoms with Gasteiger partial charge in [-0.1, -0.05) is 29.8 Å². The number of carboxylic acid groups (broad SMARTS) is 1. The number of hydrogen-bond donors (Lipinski definition) is 2. The third kappa shape index (κ3) is 4.66. The van der Waals surface area contributed by atoms with Gasteiger partial charge in [0, 0.05) is 18.3 Å². The van der Waals surface area contributed by atoms with Crippen molar-refractivity contribution in [2.24, 2.45) is 0 Å². The van der Waals surface area contributed by atoms with Gasteiger partial charge in [0.25, 0.3) is 0 Å². The molecular weight excluding hydrogens is 272 g/mol. The number of carboxylic acids is 1. The molecule has 1 aromatic heterocycles. The highest BCUT2D eigenvalue weighted by molar-refractivity contribution is 7.13. The number of aromatic nitrogens is 1. The van der Waals surface area contributed by atoms with Gasteiger partial charge in [-0.05, 0) is 18.9 Å². The predicted octanol–water partition coefficient (Wildman–Crippen LogP) is 3.12. The first kappa shape index (κ1) is 14.5. The summed E-state index contributed by atoms with van der Waals surface area (Å²) in [6.45, 7) is 2.92. The van der Waals surface area contributed by atoms with Crippen molar-refractivity contribution in [2.45, 2.75) is 26.2 Å². The molecule has 0 bridgehead atoms. The molecule has 106 valence electrons. The highest BCUT2D eigenvalue weighted by Gasteiger charge is 2.04. The molecule has 4 nitrogen and oxygen atoms in total. The number of aliphatic carboxylic acids is 1. The lowest BCUT2D eigenvalue weighted by atomic mass is 10.1. The van der Waals surface area contributed by atoms with Gasteiger partial charge >= 0.3 is 5.97 Å². The molecule has 2 aromatic rings. The fourth-order valence-electron chi connectivity index (χ4n) is 1.92. The minimum absolute atomic E-state index is 0.131. The highest BCUT2D eigenvalue weighted by Crippen LogP contribution is 2.16. The Morgan fingerprint density at radius 2 is 2.25 bits per heavy atom. The second kappa shape index (κ2) is 7.05. The first-order valence-corrected chi connectivity index (χ1v) is 7.47. The molecule has 1 aromatic carbocycles. The van der Waals surface area contributed by atoms with Crippen LogP contribution in [0.2, 0.25) is 0 Å². The van der Waals surface area contributed by atoms with Crippen LogP contribution in [0, 0.1) is 6.92 Å². The van der Waals surface area contributed by atoms with Crippen LogP contribution in [0.3, 0.4) is 0 Å². The van der Waals surface area contributed by atoms with E-state index < -0.39 is 5.97 Å². The molecule has 5 heteroatoms. The molecule has 0 aliphatic carbocycles. The van der Waals surface area contributed by atoms with Crippen molar-refractivity contribution >= 4 is 22.4 Å². The van der Waals surface area contributed by atoms with E-state index in [0.29, 0.717) is 6.42 Å². The maximum Gasteiger partial charge on any atom is 0.303 e. The van der Waals surface area contributed by atoms with Crippen LogP contribution in [0.4, 0.5) is 5.13 Å². The third-order valence-corrected chi connectivity index (χ3v) is 3.77. The molecule has 20 heavy (non-hydrogen) atoms. The molecule has 2 rings (SSSR count). The fraction of sp³-hybridized carbons (Fsp3) is 0.333. The van der Waals surface area contributed by atoms with E-state index in [-0.39, 0.29) is 6.42 Å². The summed E-state index contributed by atoms with van der Waals surface area (Å²) in [4.78, 5) is 14.9. The monoisotopic (exact) mass is 290 g/mol. The van der Waals surface area contributed by atoms with E-state index in [9.17, 15) is 4.79 Å². The number of nitrogens with one attached hydrogen (secondary N) is 1. The summed E-state index contributed by atoms with van der Waals surface area (Å²) in [5, 5.41) is 14.7. The number of rotatable bonds is 7. The Morgan fingerprint density at radius 3 is 3.00 bits per heavy atom. The van der Waals surface area contributed by atoms with E-state index in [1.54, 1.807) is 0 Å². The second-order valence-electron chi connectivity index (χ2n) is 4.70. The Labute approximate surface area is 122 Å². The van der Waals surface area contributed by atoms with Gasteiger partial charge in [-0.25, -0.2) is 4.98 Å². The summed E-state index contributed by atoms with van der Waals surface area (Å²) < 4.78 is 0. The van der Waals surface area contributed by atoms with Crippen molar-refractivity contribution < 1.29 is 9.90 Å². The van der Waals surface area contributed by atoms with Crippen molar-refractivity contribution in [3.63, 3.8) is 0 Å². The number of hydrogen-bond acceptors (Lipinski definition) is 4. The highest BCUT2D eigenvalue weighted by atomic mass is 32.1. The SMILES string of the molecule is Cc1cccc(CCNc2nc(CCC(=O)O)cs2)c1. The van der Waals surface area contributed by atoms with Crippen LogP contribution >= 0.6 is 11.3 Å². The van der Waals surface area contributed by atoms with E-state index in [1.165, 1.54) is 22.5 Å². The molecule has 2 N–H and O–H groups in total. The van der Waals surface area contributed by atoms with Crippen LogP contribution in [0.1, 0.15) is 23.2 Å². The van der Waals surface area contributed by atoms with Crippen molar-refractivity contribution in [1.82, 2.24) is 4.98 Å². The normalized spacial score (nSPS) is 10.4. The Kier molecular flexibility index (Phi) is 5.12. The molecule has 0 saturated carbocycles. The van der Waals surface area contributed by atoms with Gasteiger partial charge in [-0.15, -0.1) is 11.3 Å². The van der Waals surface area contributed by atoms with Crippen LogP contribution in [-0.4, -0.2) is 22.6 Å². The van der Waals surface area contributed by atoms with Gasteiger partial charge in [0.15, 0.2) is 5.13 Å². The number of aryl methyl sites for hydroxylation is 2. The van der Waals surface area contributed by atoms with Crippen LogP contribution in [0.5, 0.6) is 0 Å². The van der Waals surface area contributed by atoms with Gasteiger partial charge in [-0.3, -0.25) is 4.79 Å². The average Bonchev–Trinajstić information content (AvgIpc) is 2.84. The lowest BCUT2D eigenvalue weighted by molar-refractivity contribution is -0.136. The minimum atomic E-state index is -0.785. The van der Waals surface area contributed by atoms with E-state index in [2.05, 4.69) is 41.5 Å². The topological polar surface area (TPSA) is 62.2 Å². The third-order valence-electron chi connectivity index (χ3n) is 2.92. The summed E-state index contributed by atoms with van der Waals surface area (Å²) in [5.41, 5.74) is 3.42. The van der Waals surface area contributed by atoms with Gasteiger partial charge < -0.3 is 10.4 Å². The average molecular weight is 290 g/mol. The largest absolute Gasteiger partial charge is 0.481 e. The molecule has 0 unspecified atom stereocenters. The van der Waals surface area contributed by atoms with Crippen molar-refractivity contribution in [3.8, 4) is 0 Å². The van der Waals surface area contributed by atoms with Crippen LogP contribution in [0.15, 0.2) is 29.6 Å².